The minimum Gasteiger partial charge on any atom is -0.409 e. The second-order valence-corrected chi connectivity index (χ2v) is 5.50. The van der Waals surface area contributed by atoms with Crippen LogP contribution in [-0.4, -0.2) is 40.6 Å². The second-order valence-electron chi connectivity index (χ2n) is 5.50. The van der Waals surface area contributed by atoms with E-state index in [1.54, 1.807) is 6.20 Å². The Morgan fingerprint density at radius 3 is 2.84 bits per heavy atom. The molecule has 0 aliphatic carbocycles. The minimum atomic E-state index is -0.153. The number of amidine groups is 1. The van der Waals surface area contributed by atoms with E-state index in [1.165, 1.54) is 5.56 Å². The first-order chi connectivity index (χ1) is 9.14. The lowest BCUT2D eigenvalue weighted by molar-refractivity contribution is 0.160. The van der Waals surface area contributed by atoms with Gasteiger partial charge in [-0.2, -0.15) is 0 Å². The fourth-order valence-corrected chi connectivity index (χ4v) is 2.48. The molecule has 19 heavy (non-hydrogen) atoms. The number of oxime groups is 1. The molecule has 0 radical (unpaired) electrons. The molecule has 1 aliphatic heterocycles. The van der Waals surface area contributed by atoms with E-state index in [1.807, 2.05) is 12.3 Å². The van der Waals surface area contributed by atoms with Crippen molar-refractivity contribution < 1.29 is 5.21 Å². The SMILES string of the molecule is CC1(/C(N)=N/O)CCN(CCc2cccnc2)CC1. The second kappa shape index (κ2) is 6.02. The molecule has 5 heteroatoms. The van der Waals surface area contributed by atoms with Crippen LogP contribution in [0.3, 0.4) is 0 Å². The lowest BCUT2D eigenvalue weighted by Crippen LogP contribution is -2.46. The highest BCUT2D eigenvalue weighted by atomic mass is 16.4. The Bertz CT molecular complexity index is 424. The summed E-state index contributed by atoms with van der Waals surface area (Å²) < 4.78 is 0. The molecule has 0 unspecified atom stereocenters. The van der Waals surface area contributed by atoms with Crippen LogP contribution in [-0.2, 0) is 6.42 Å². The number of hydrogen-bond acceptors (Lipinski definition) is 4. The van der Waals surface area contributed by atoms with Crippen LogP contribution < -0.4 is 5.73 Å². The smallest absolute Gasteiger partial charge is 0.145 e. The Balaban J connectivity index is 1.81. The molecule has 0 saturated carbocycles. The van der Waals surface area contributed by atoms with E-state index in [9.17, 15) is 0 Å². The van der Waals surface area contributed by atoms with Gasteiger partial charge in [0.2, 0.25) is 0 Å². The molecule has 3 N–H and O–H groups in total. The minimum absolute atomic E-state index is 0.153. The van der Waals surface area contributed by atoms with Gasteiger partial charge in [-0.3, -0.25) is 4.98 Å². The lowest BCUT2D eigenvalue weighted by atomic mass is 9.79. The van der Waals surface area contributed by atoms with Gasteiger partial charge in [0, 0.05) is 24.4 Å². The fourth-order valence-electron chi connectivity index (χ4n) is 2.48. The number of nitrogens with zero attached hydrogens (tertiary/aromatic N) is 3. The van der Waals surface area contributed by atoms with Gasteiger partial charge in [0.25, 0.3) is 0 Å². The van der Waals surface area contributed by atoms with E-state index in [-0.39, 0.29) is 5.41 Å². The summed E-state index contributed by atoms with van der Waals surface area (Å²) in [6, 6.07) is 4.08. The third-order valence-corrected chi connectivity index (χ3v) is 4.13. The topological polar surface area (TPSA) is 74.7 Å². The lowest BCUT2D eigenvalue weighted by Gasteiger charge is -2.38. The predicted molar refractivity (Wildman–Crippen MR) is 75.1 cm³/mol. The summed E-state index contributed by atoms with van der Waals surface area (Å²) in [6.45, 7) is 5.10. The fraction of sp³-hybridized carbons (Fsp3) is 0.571. The first kappa shape index (κ1) is 13.8. The molecule has 0 amide bonds. The van der Waals surface area contributed by atoms with Crippen molar-refractivity contribution in [3.05, 3.63) is 30.1 Å². The van der Waals surface area contributed by atoms with Crippen molar-refractivity contribution >= 4 is 5.84 Å². The van der Waals surface area contributed by atoms with Crippen molar-refractivity contribution in [1.29, 1.82) is 0 Å². The number of aromatic nitrogens is 1. The number of likely N-dealkylation sites (tertiary alicyclic amines) is 1. The zero-order valence-corrected chi connectivity index (χ0v) is 11.4. The van der Waals surface area contributed by atoms with Crippen LogP contribution in [0.2, 0.25) is 0 Å². The quantitative estimate of drug-likeness (QED) is 0.373. The normalized spacial score (nSPS) is 20.4. The summed E-state index contributed by atoms with van der Waals surface area (Å²) in [4.78, 5) is 6.56. The van der Waals surface area contributed by atoms with Gasteiger partial charge in [0.15, 0.2) is 0 Å². The first-order valence-electron chi connectivity index (χ1n) is 6.73. The molecule has 2 rings (SSSR count). The number of pyridine rings is 1. The van der Waals surface area contributed by atoms with Crippen LogP contribution in [0.1, 0.15) is 25.3 Å². The average molecular weight is 262 g/mol. The summed E-state index contributed by atoms with van der Waals surface area (Å²) >= 11 is 0. The van der Waals surface area contributed by atoms with Crippen molar-refractivity contribution in [2.45, 2.75) is 26.2 Å². The average Bonchev–Trinajstić information content (AvgIpc) is 2.47. The molecule has 1 aromatic heterocycles. The van der Waals surface area contributed by atoms with Crippen molar-refractivity contribution in [2.75, 3.05) is 19.6 Å². The van der Waals surface area contributed by atoms with E-state index in [0.717, 1.165) is 38.9 Å². The summed E-state index contributed by atoms with van der Waals surface area (Å²) in [6.07, 6.45) is 6.62. The third kappa shape index (κ3) is 3.44. The summed E-state index contributed by atoms with van der Waals surface area (Å²) in [5.41, 5.74) is 6.88. The van der Waals surface area contributed by atoms with Crippen LogP contribution in [0.5, 0.6) is 0 Å². The van der Waals surface area contributed by atoms with Gasteiger partial charge < -0.3 is 15.8 Å². The van der Waals surface area contributed by atoms with Crippen LogP contribution >= 0.6 is 0 Å². The molecule has 104 valence electrons. The standard InChI is InChI=1S/C14H22N4O/c1-14(13(15)17-19)5-9-18(10-6-14)8-4-12-3-2-7-16-11-12/h2-3,7,11,19H,4-6,8-10H2,1H3,(H2,15,17). The Morgan fingerprint density at radius 1 is 1.53 bits per heavy atom. The van der Waals surface area contributed by atoms with Crippen LogP contribution in [0.25, 0.3) is 0 Å². The Labute approximate surface area is 114 Å². The van der Waals surface area contributed by atoms with Gasteiger partial charge in [0.05, 0.1) is 0 Å². The van der Waals surface area contributed by atoms with Crippen LogP contribution in [0.15, 0.2) is 29.7 Å². The van der Waals surface area contributed by atoms with E-state index < -0.39 is 0 Å². The molecule has 2 heterocycles. The number of hydrogen-bond donors (Lipinski definition) is 2. The molecule has 5 nitrogen and oxygen atoms in total. The van der Waals surface area contributed by atoms with E-state index in [0.29, 0.717) is 5.84 Å². The molecule has 1 fully saturated rings. The van der Waals surface area contributed by atoms with Gasteiger partial charge in [-0.05, 0) is 44.0 Å². The summed E-state index contributed by atoms with van der Waals surface area (Å²) in [5, 5.41) is 12.0. The van der Waals surface area contributed by atoms with E-state index >= 15 is 0 Å². The molecular weight excluding hydrogens is 240 g/mol. The Hall–Kier alpha value is -1.62. The summed E-state index contributed by atoms with van der Waals surface area (Å²) in [5.74, 6) is 0.361. The van der Waals surface area contributed by atoms with E-state index in [2.05, 4.69) is 28.0 Å². The third-order valence-electron chi connectivity index (χ3n) is 4.13. The molecular formula is C14H22N4O. The largest absolute Gasteiger partial charge is 0.409 e. The highest BCUT2D eigenvalue weighted by Gasteiger charge is 2.33. The van der Waals surface area contributed by atoms with Crippen molar-refractivity contribution in [3.63, 3.8) is 0 Å². The molecule has 1 saturated heterocycles. The van der Waals surface area contributed by atoms with Gasteiger partial charge in [-0.25, -0.2) is 0 Å². The molecule has 1 aliphatic rings. The first-order valence-corrected chi connectivity index (χ1v) is 6.73. The van der Waals surface area contributed by atoms with Crippen LogP contribution in [0, 0.1) is 5.41 Å². The zero-order valence-electron chi connectivity index (χ0n) is 11.4. The van der Waals surface area contributed by atoms with Gasteiger partial charge in [0.1, 0.15) is 5.84 Å². The number of nitrogens with two attached hydrogens (primary N) is 1. The highest BCUT2D eigenvalue weighted by molar-refractivity contribution is 5.85. The zero-order chi connectivity index (χ0) is 13.7. The van der Waals surface area contributed by atoms with Gasteiger partial charge in [-0.15, -0.1) is 0 Å². The molecule has 0 bridgehead atoms. The highest BCUT2D eigenvalue weighted by Crippen LogP contribution is 2.30. The maximum absolute atomic E-state index is 8.81. The maximum Gasteiger partial charge on any atom is 0.145 e. The summed E-state index contributed by atoms with van der Waals surface area (Å²) in [7, 11) is 0. The van der Waals surface area contributed by atoms with Gasteiger partial charge in [-0.1, -0.05) is 18.1 Å². The monoisotopic (exact) mass is 262 g/mol. The number of rotatable bonds is 4. The predicted octanol–water partition coefficient (Wildman–Crippen LogP) is 1.47. The van der Waals surface area contributed by atoms with Crippen molar-refractivity contribution in [3.8, 4) is 0 Å². The molecule has 0 atom stereocenters. The Kier molecular flexibility index (Phi) is 4.37. The van der Waals surface area contributed by atoms with Gasteiger partial charge >= 0.3 is 0 Å². The number of piperidine rings is 1. The molecule has 1 aromatic rings. The Morgan fingerprint density at radius 2 is 2.26 bits per heavy atom. The maximum atomic E-state index is 8.81. The van der Waals surface area contributed by atoms with Crippen molar-refractivity contribution in [1.82, 2.24) is 9.88 Å². The van der Waals surface area contributed by atoms with Crippen LogP contribution in [0.4, 0.5) is 0 Å². The molecule has 0 spiro atoms. The van der Waals surface area contributed by atoms with E-state index in [4.69, 9.17) is 10.9 Å². The van der Waals surface area contributed by atoms with Crippen molar-refractivity contribution in [2.24, 2.45) is 16.3 Å². The molecule has 0 aromatic carbocycles.